The molecule has 4 rings (SSSR count). The third-order valence-electron chi connectivity index (χ3n) is 8.09. The van der Waals surface area contributed by atoms with Crippen LogP contribution in [0.1, 0.15) is 65.2 Å². The highest BCUT2D eigenvalue weighted by molar-refractivity contribution is 5.96. The van der Waals surface area contributed by atoms with E-state index in [9.17, 15) is 9.59 Å². The number of carbonyl (C=O) groups is 2. The maximum absolute atomic E-state index is 12.2. The minimum atomic E-state index is -0.108. The summed E-state index contributed by atoms with van der Waals surface area (Å²) < 4.78 is 6.17. The molecule has 2 saturated heterocycles. The van der Waals surface area contributed by atoms with Gasteiger partial charge >= 0.3 is 0 Å². The Morgan fingerprint density at radius 3 is 2.21 bits per heavy atom. The van der Waals surface area contributed by atoms with Crippen LogP contribution in [0.25, 0.3) is 0 Å². The number of piperidine rings is 1. The van der Waals surface area contributed by atoms with Gasteiger partial charge in [-0.1, -0.05) is 6.58 Å². The molecule has 0 aromatic rings. The third kappa shape index (κ3) is 3.80. The SMILES string of the molecule is C=C(C)C(=O)C1CCC2(CC1)CC(N1CCC3(CC1)CN(C(C)=O)CCO3)C2. The average Bonchev–Trinajstić information content (AvgIpc) is 2.66. The van der Waals surface area contributed by atoms with E-state index in [0.29, 0.717) is 23.8 Å². The van der Waals surface area contributed by atoms with Gasteiger partial charge in [-0.25, -0.2) is 0 Å². The molecule has 0 aromatic carbocycles. The Labute approximate surface area is 169 Å². The molecule has 5 nitrogen and oxygen atoms in total. The maximum atomic E-state index is 12.2. The van der Waals surface area contributed by atoms with Crippen molar-refractivity contribution in [2.75, 3.05) is 32.8 Å². The van der Waals surface area contributed by atoms with E-state index in [1.54, 1.807) is 6.92 Å². The van der Waals surface area contributed by atoms with Crippen molar-refractivity contribution in [1.82, 2.24) is 9.80 Å². The molecule has 2 spiro atoms. The van der Waals surface area contributed by atoms with Crippen molar-refractivity contribution < 1.29 is 14.3 Å². The summed E-state index contributed by atoms with van der Waals surface area (Å²) in [7, 11) is 0. The summed E-state index contributed by atoms with van der Waals surface area (Å²) in [5, 5.41) is 0. The second-order valence-electron chi connectivity index (χ2n) is 9.99. The molecule has 0 atom stereocenters. The molecule has 4 aliphatic rings. The first kappa shape index (κ1) is 20.1. The highest BCUT2D eigenvalue weighted by Crippen LogP contribution is 2.55. The van der Waals surface area contributed by atoms with Crippen LogP contribution in [-0.2, 0) is 14.3 Å². The normalized spacial score (nSPS) is 35.6. The van der Waals surface area contributed by atoms with E-state index in [1.165, 1.54) is 25.7 Å². The standard InChI is InChI=1S/C23H36N2O3/c1-17(2)21(27)19-4-6-22(7-5-19)14-20(15-22)24-10-8-23(9-11-24)16-25(18(3)26)12-13-28-23/h19-20H,1,4-16H2,2-3H3. The van der Waals surface area contributed by atoms with Gasteiger partial charge < -0.3 is 14.5 Å². The van der Waals surface area contributed by atoms with Crippen molar-refractivity contribution in [3.05, 3.63) is 12.2 Å². The largest absolute Gasteiger partial charge is 0.371 e. The number of hydrogen-bond acceptors (Lipinski definition) is 4. The van der Waals surface area contributed by atoms with E-state index in [-0.39, 0.29) is 17.4 Å². The van der Waals surface area contributed by atoms with E-state index < -0.39 is 0 Å². The molecule has 0 N–H and O–H groups in total. The molecule has 2 aliphatic heterocycles. The highest BCUT2D eigenvalue weighted by Gasteiger charge is 2.50. The Morgan fingerprint density at radius 2 is 1.64 bits per heavy atom. The summed E-state index contributed by atoms with van der Waals surface area (Å²) in [5.41, 5.74) is 1.12. The lowest BCUT2D eigenvalue weighted by Gasteiger charge is -2.57. The fraction of sp³-hybridized carbons (Fsp3) is 0.826. The van der Waals surface area contributed by atoms with Gasteiger partial charge in [-0.15, -0.1) is 0 Å². The van der Waals surface area contributed by atoms with Crippen molar-refractivity contribution in [3.8, 4) is 0 Å². The first-order valence-corrected chi connectivity index (χ1v) is 11.1. The van der Waals surface area contributed by atoms with E-state index >= 15 is 0 Å². The molecular formula is C23H36N2O3. The zero-order chi connectivity index (χ0) is 19.9. The van der Waals surface area contributed by atoms with Gasteiger partial charge in [0.2, 0.25) is 5.91 Å². The number of hydrogen-bond donors (Lipinski definition) is 0. The third-order valence-corrected chi connectivity index (χ3v) is 8.09. The van der Waals surface area contributed by atoms with Crippen LogP contribution in [0, 0.1) is 11.3 Å². The van der Waals surface area contributed by atoms with Crippen molar-refractivity contribution >= 4 is 11.7 Å². The predicted molar refractivity (Wildman–Crippen MR) is 109 cm³/mol. The summed E-state index contributed by atoms with van der Waals surface area (Å²) in [6, 6.07) is 0.707. The summed E-state index contributed by atoms with van der Waals surface area (Å²) in [5.74, 6) is 0.690. The van der Waals surface area contributed by atoms with Crippen LogP contribution >= 0.6 is 0 Å². The topological polar surface area (TPSA) is 49.9 Å². The fourth-order valence-electron chi connectivity index (χ4n) is 6.16. The molecular weight excluding hydrogens is 352 g/mol. The van der Waals surface area contributed by atoms with Crippen LogP contribution in [0.4, 0.5) is 0 Å². The van der Waals surface area contributed by atoms with Crippen LogP contribution < -0.4 is 0 Å². The number of ether oxygens (including phenoxy) is 1. The van der Waals surface area contributed by atoms with Crippen molar-refractivity contribution in [2.45, 2.75) is 76.9 Å². The number of nitrogens with zero attached hydrogens (tertiary/aromatic N) is 2. The summed E-state index contributed by atoms with van der Waals surface area (Å²) >= 11 is 0. The number of morpholine rings is 1. The zero-order valence-electron chi connectivity index (χ0n) is 17.7. The van der Waals surface area contributed by atoms with Crippen LogP contribution in [0.2, 0.25) is 0 Å². The zero-order valence-corrected chi connectivity index (χ0v) is 17.7. The second kappa shape index (κ2) is 7.56. The van der Waals surface area contributed by atoms with Crippen molar-refractivity contribution in [3.63, 3.8) is 0 Å². The minimum Gasteiger partial charge on any atom is -0.371 e. The monoisotopic (exact) mass is 388 g/mol. The molecule has 1 amide bonds. The lowest BCUT2D eigenvalue weighted by atomic mass is 9.56. The lowest BCUT2D eigenvalue weighted by molar-refractivity contribution is -0.163. The summed E-state index contributed by atoms with van der Waals surface area (Å²) in [6.07, 6.45) is 9.20. The van der Waals surface area contributed by atoms with Gasteiger partial charge in [0, 0.05) is 45.1 Å². The quantitative estimate of drug-likeness (QED) is 0.697. The Hall–Kier alpha value is -1.20. The molecule has 0 radical (unpaired) electrons. The van der Waals surface area contributed by atoms with E-state index in [0.717, 1.165) is 57.4 Å². The van der Waals surface area contributed by atoms with Crippen LogP contribution in [-0.4, -0.2) is 65.9 Å². The van der Waals surface area contributed by atoms with Gasteiger partial charge in [0.15, 0.2) is 5.78 Å². The van der Waals surface area contributed by atoms with Gasteiger partial charge in [0.1, 0.15) is 0 Å². The first-order valence-electron chi connectivity index (χ1n) is 11.1. The molecule has 2 saturated carbocycles. The van der Waals surface area contributed by atoms with E-state index in [1.807, 2.05) is 11.8 Å². The molecule has 2 heterocycles. The first-order chi connectivity index (χ1) is 13.3. The average molecular weight is 389 g/mol. The van der Waals surface area contributed by atoms with E-state index in [4.69, 9.17) is 4.74 Å². The predicted octanol–water partition coefficient (Wildman–Crippen LogP) is 3.18. The Balaban J connectivity index is 1.24. The van der Waals surface area contributed by atoms with Gasteiger partial charge in [-0.3, -0.25) is 9.59 Å². The number of carbonyl (C=O) groups excluding carboxylic acids is 2. The molecule has 5 heteroatoms. The lowest BCUT2D eigenvalue weighted by Crippen LogP contribution is -2.61. The van der Waals surface area contributed by atoms with Gasteiger partial charge in [0.05, 0.1) is 12.2 Å². The molecule has 28 heavy (non-hydrogen) atoms. The smallest absolute Gasteiger partial charge is 0.219 e. The number of likely N-dealkylation sites (tertiary alicyclic amines) is 1. The number of Topliss-reactive ketones (excluding diaryl/α,β-unsaturated/α-hetero) is 1. The van der Waals surface area contributed by atoms with Gasteiger partial charge in [-0.2, -0.15) is 0 Å². The molecule has 156 valence electrons. The van der Waals surface area contributed by atoms with E-state index in [2.05, 4.69) is 11.5 Å². The minimum absolute atomic E-state index is 0.108. The second-order valence-corrected chi connectivity index (χ2v) is 9.99. The highest BCUT2D eigenvalue weighted by atomic mass is 16.5. The Bertz CT molecular complexity index is 634. The Kier molecular flexibility index (Phi) is 5.43. The molecule has 0 aromatic heterocycles. The number of ketones is 1. The maximum Gasteiger partial charge on any atom is 0.219 e. The summed E-state index contributed by atoms with van der Waals surface area (Å²) in [6.45, 7) is 11.7. The molecule has 2 aliphatic carbocycles. The van der Waals surface area contributed by atoms with Crippen molar-refractivity contribution in [1.29, 1.82) is 0 Å². The van der Waals surface area contributed by atoms with Crippen LogP contribution in [0.3, 0.4) is 0 Å². The van der Waals surface area contributed by atoms with Gasteiger partial charge in [0.25, 0.3) is 0 Å². The van der Waals surface area contributed by atoms with Crippen LogP contribution in [0.15, 0.2) is 12.2 Å². The number of amides is 1. The fourth-order valence-corrected chi connectivity index (χ4v) is 6.16. The number of allylic oxidation sites excluding steroid dienone is 1. The Morgan fingerprint density at radius 1 is 1.00 bits per heavy atom. The molecule has 4 fully saturated rings. The number of rotatable bonds is 3. The molecule has 0 unspecified atom stereocenters. The van der Waals surface area contributed by atoms with Gasteiger partial charge in [-0.05, 0) is 69.3 Å². The van der Waals surface area contributed by atoms with Crippen LogP contribution in [0.5, 0.6) is 0 Å². The molecule has 0 bridgehead atoms. The van der Waals surface area contributed by atoms with Crippen molar-refractivity contribution in [2.24, 2.45) is 11.3 Å². The summed E-state index contributed by atoms with van der Waals surface area (Å²) in [4.78, 5) is 28.6.